The quantitative estimate of drug-likeness (QED) is 0.521. The molecule has 0 spiro atoms. The minimum atomic E-state index is -0.471. The summed E-state index contributed by atoms with van der Waals surface area (Å²) in [5, 5.41) is 7.17. The summed E-state index contributed by atoms with van der Waals surface area (Å²) in [6, 6.07) is 13.6. The fourth-order valence-corrected chi connectivity index (χ4v) is 3.24. The highest BCUT2D eigenvalue weighted by Crippen LogP contribution is 2.23. The second kappa shape index (κ2) is 8.46. The van der Waals surface area contributed by atoms with Crippen LogP contribution in [0.2, 0.25) is 0 Å². The van der Waals surface area contributed by atoms with Crippen molar-refractivity contribution in [3.8, 4) is 17.4 Å². The van der Waals surface area contributed by atoms with Crippen molar-refractivity contribution in [3.63, 3.8) is 0 Å². The van der Waals surface area contributed by atoms with E-state index in [4.69, 9.17) is 4.74 Å². The Bertz CT molecular complexity index is 1360. The van der Waals surface area contributed by atoms with Gasteiger partial charge in [-0.25, -0.2) is 9.67 Å². The van der Waals surface area contributed by atoms with Gasteiger partial charge in [0.25, 0.3) is 11.5 Å². The van der Waals surface area contributed by atoms with Crippen molar-refractivity contribution < 1.29 is 9.53 Å². The number of aryl methyl sites for hydroxylation is 4. The molecule has 9 heteroatoms. The van der Waals surface area contributed by atoms with Crippen LogP contribution >= 0.6 is 0 Å². The molecule has 0 radical (unpaired) electrons. The molecule has 0 atom stereocenters. The highest BCUT2D eigenvalue weighted by atomic mass is 16.5. The largest absolute Gasteiger partial charge is 0.439 e. The fraction of sp³-hybridized carbons (Fsp3) is 0.174. The number of anilines is 1. The Kier molecular flexibility index (Phi) is 5.55. The predicted octanol–water partition coefficient (Wildman–Crippen LogP) is 3.33. The first kappa shape index (κ1) is 21.0. The number of hydrogen-bond donors (Lipinski definition) is 1. The summed E-state index contributed by atoms with van der Waals surface area (Å²) in [5.41, 5.74) is 2.11. The minimum absolute atomic E-state index is 0.0727. The van der Waals surface area contributed by atoms with Crippen LogP contribution in [0.3, 0.4) is 0 Å². The summed E-state index contributed by atoms with van der Waals surface area (Å²) < 4.78 is 8.99. The van der Waals surface area contributed by atoms with Crippen LogP contribution in [0.1, 0.15) is 27.6 Å². The standard InChI is InChI=1S/C23H22N6O3/c1-14-12-15(2)29(27-14)20-13-21(25-16(3)24-20)32-18-9-7-17(8-10-18)26-22(30)19-6-5-11-28(4)23(19)31/h5-13H,1-4H3,(H,26,30). The highest BCUT2D eigenvalue weighted by Gasteiger charge is 2.12. The maximum Gasteiger partial charge on any atom is 0.263 e. The molecule has 0 unspecified atom stereocenters. The molecule has 3 aromatic heterocycles. The lowest BCUT2D eigenvalue weighted by atomic mass is 10.2. The summed E-state index contributed by atoms with van der Waals surface area (Å²) >= 11 is 0. The number of nitrogens with one attached hydrogen (secondary N) is 1. The molecule has 162 valence electrons. The van der Waals surface area contributed by atoms with E-state index < -0.39 is 5.91 Å². The number of amides is 1. The van der Waals surface area contributed by atoms with Crippen molar-refractivity contribution in [1.29, 1.82) is 0 Å². The molecule has 0 aliphatic carbocycles. The molecule has 32 heavy (non-hydrogen) atoms. The summed E-state index contributed by atoms with van der Waals surface area (Å²) in [4.78, 5) is 33.3. The van der Waals surface area contributed by atoms with Crippen molar-refractivity contribution in [3.05, 3.63) is 87.9 Å². The Labute approximate surface area is 184 Å². The molecule has 4 aromatic rings. The zero-order chi connectivity index (χ0) is 22.8. The Morgan fingerprint density at radius 3 is 2.47 bits per heavy atom. The number of carbonyl (C=O) groups excluding carboxylic acids is 1. The first-order chi connectivity index (χ1) is 15.3. The number of aromatic nitrogens is 5. The number of benzene rings is 1. The smallest absolute Gasteiger partial charge is 0.263 e. The van der Waals surface area contributed by atoms with Crippen LogP contribution in [0, 0.1) is 20.8 Å². The van der Waals surface area contributed by atoms with Gasteiger partial charge in [-0.2, -0.15) is 10.1 Å². The zero-order valence-electron chi connectivity index (χ0n) is 18.2. The second-order valence-corrected chi connectivity index (χ2v) is 7.37. The van der Waals surface area contributed by atoms with Crippen LogP contribution < -0.4 is 15.6 Å². The van der Waals surface area contributed by atoms with Crippen LogP contribution in [0.5, 0.6) is 11.6 Å². The lowest BCUT2D eigenvalue weighted by Gasteiger charge is -2.10. The van der Waals surface area contributed by atoms with Gasteiger partial charge in [0.05, 0.1) is 5.69 Å². The molecule has 0 saturated heterocycles. The Hall–Kier alpha value is -4.27. The lowest BCUT2D eigenvalue weighted by Crippen LogP contribution is -2.26. The normalized spacial score (nSPS) is 10.8. The van der Waals surface area contributed by atoms with Crippen molar-refractivity contribution in [2.75, 3.05) is 5.32 Å². The topological polar surface area (TPSA) is 104 Å². The third kappa shape index (κ3) is 4.41. The van der Waals surface area contributed by atoms with Crippen LogP contribution in [0.25, 0.3) is 5.82 Å². The van der Waals surface area contributed by atoms with E-state index in [2.05, 4.69) is 20.4 Å². The van der Waals surface area contributed by atoms with Crippen LogP contribution in [0.4, 0.5) is 5.69 Å². The van der Waals surface area contributed by atoms with Crippen LogP contribution in [-0.4, -0.2) is 30.2 Å². The monoisotopic (exact) mass is 430 g/mol. The lowest BCUT2D eigenvalue weighted by molar-refractivity contribution is 0.102. The van der Waals surface area contributed by atoms with Crippen molar-refractivity contribution in [2.45, 2.75) is 20.8 Å². The molecular weight excluding hydrogens is 408 g/mol. The van der Waals surface area contributed by atoms with E-state index in [1.54, 1.807) is 61.2 Å². The molecular formula is C23H22N6O3. The van der Waals surface area contributed by atoms with E-state index in [1.165, 1.54) is 10.6 Å². The van der Waals surface area contributed by atoms with Gasteiger partial charge in [0.15, 0.2) is 5.82 Å². The van der Waals surface area contributed by atoms with Gasteiger partial charge in [-0.3, -0.25) is 9.59 Å². The number of ether oxygens (including phenoxy) is 1. The zero-order valence-corrected chi connectivity index (χ0v) is 18.2. The number of rotatable bonds is 5. The molecule has 0 saturated carbocycles. The number of pyridine rings is 1. The van der Waals surface area contributed by atoms with Gasteiger partial charge < -0.3 is 14.6 Å². The Morgan fingerprint density at radius 2 is 1.78 bits per heavy atom. The molecule has 4 rings (SSSR count). The number of carbonyl (C=O) groups is 1. The van der Waals surface area contributed by atoms with Gasteiger partial charge in [0.2, 0.25) is 5.88 Å². The molecule has 1 amide bonds. The van der Waals surface area contributed by atoms with E-state index in [1.807, 2.05) is 19.9 Å². The van der Waals surface area contributed by atoms with Crippen LogP contribution in [0.15, 0.2) is 59.5 Å². The van der Waals surface area contributed by atoms with Gasteiger partial charge in [-0.05, 0) is 63.2 Å². The number of nitrogens with zero attached hydrogens (tertiary/aromatic N) is 5. The molecule has 0 aliphatic heterocycles. The molecule has 1 aromatic carbocycles. The highest BCUT2D eigenvalue weighted by molar-refractivity contribution is 6.04. The Balaban J connectivity index is 1.50. The minimum Gasteiger partial charge on any atom is -0.439 e. The molecule has 3 heterocycles. The van der Waals surface area contributed by atoms with Crippen LogP contribution in [-0.2, 0) is 7.05 Å². The summed E-state index contributed by atoms with van der Waals surface area (Å²) in [5.74, 6) is 1.62. The molecule has 0 fully saturated rings. The van der Waals surface area contributed by atoms with E-state index >= 15 is 0 Å². The van der Waals surface area contributed by atoms with Gasteiger partial charge in [-0.1, -0.05) is 0 Å². The van der Waals surface area contributed by atoms with Crippen molar-refractivity contribution >= 4 is 11.6 Å². The van der Waals surface area contributed by atoms with Gasteiger partial charge >= 0.3 is 0 Å². The van der Waals surface area contributed by atoms with Gasteiger partial charge in [-0.15, -0.1) is 0 Å². The van der Waals surface area contributed by atoms with Gasteiger partial charge in [0.1, 0.15) is 17.1 Å². The van der Waals surface area contributed by atoms with E-state index in [0.29, 0.717) is 29.0 Å². The number of hydrogen-bond acceptors (Lipinski definition) is 6. The second-order valence-electron chi connectivity index (χ2n) is 7.37. The third-order valence-electron chi connectivity index (χ3n) is 4.73. The maximum atomic E-state index is 12.4. The average molecular weight is 430 g/mol. The van der Waals surface area contributed by atoms with Gasteiger partial charge in [0, 0.05) is 30.7 Å². The molecule has 0 aliphatic rings. The molecule has 9 nitrogen and oxygen atoms in total. The first-order valence-electron chi connectivity index (χ1n) is 9.94. The predicted molar refractivity (Wildman–Crippen MR) is 120 cm³/mol. The maximum absolute atomic E-state index is 12.4. The average Bonchev–Trinajstić information content (AvgIpc) is 3.09. The summed E-state index contributed by atoms with van der Waals surface area (Å²) in [7, 11) is 1.60. The van der Waals surface area contributed by atoms with E-state index in [-0.39, 0.29) is 11.1 Å². The summed E-state index contributed by atoms with van der Waals surface area (Å²) in [6.07, 6.45) is 1.60. The molecule has 1 N–H and O–H groups in total. The van der Waals surface area contributed by atoms with Crippen molar-refractivity contribution in [2.24, 2.45) is 7.05 Å². The third-order valence-corrected chi connectivity index (χ3v) is 4.73. The van der Waals surface area contributed by atoms with Crippen molar-refractivity contribution in [1.82, 2.24) is 24.3 Å². The first-order valence-corrected chi connectivity index (χ1v) is 9.94. The van der Waals surface area contributed by atoms with E-state index in [9.17, 15) is 9.59 Å². The summed E-state index contributed by atoms with van der Waals surface area (Å²) in [6.45, 7) is 5.66. The van der Waals surface area contributed by atoms with E-state index in [0.717, 1.165) is 11.4 Å². The Morgan fingerprint density at radius 1 is 1.03 bits per heavy atom. The SMILES string of the molecule is Cc1cc(C)n(-c2cc(Oc3ccc(NC(=O)c4cccn(C)c4=O)cc3)nc(C)n2)n1. The fourth-order valence-electron chi connectivity index (χ4n) is 3.24. The molecule has 0 bridgehead atoms.